The van der Waals surface area contributed by atoms with Crippen molar-refractivity contribution in [2.24, 2.45) is 0 Å². The number of fused-ring (bicyclic) bond motifs is 1. The van der Waals surface area contributed by atoms with Gasteiger partial charge in [-0.05, 0) is 44.0 Å². The Hall–Kier alpha value is -3.81. The maximum Gasteiger partial charge on any atom is 0.338 e. The zero-order valence-electron chi connectivity index (χ0n) is 18.6. The number of ether oxygens (including phenoxy) is 3. The number of nitrogens with one attached hydrogen (secondary N) is 1. The van der Waals surface area contributed by atoms with Gasteiger partial charge in [0.15, 0.2) is 11.5 Å². The minimum absolute atomic E-state index is 0.423. The molecule has 0 radical (unpaired) electrons. The average molecular weight is 434 g/mol. The van der Waals surface area contributed by atoms with E-state index in [9.17, 15) is 4.79 Å². The van der Waals surface area contributed by atoms with Crippen molar-refractivity contribution in [2.75, 3.05) is 19.0 Å². The van der Waals surface area contributed by atoms with E-state index in [1.807, 2.05) is 44.2 Å². The van der Waals surface area contributed by atoms with E-state index in [4.69, 9.17) is 14.2 Å². The molecule has 2 heterocycles. The maximum atomic E-state index is 12.6. The molecule has 0 spiro atoms. The van der Waals surface area contributed by atoms with Gasteiger partial charge >= 0.3 is 5.97 Å². The van der Waals surface area contributed by atoms with E-state index in [0.29, 0.717) is 41.9 Å². The third-order valence-electron chi connectivity index (χ3n) is 5.30. The van der Waals surface area contributed by atoms with E-state index in [1.54, 1.807) is 4.68 Å². The summed E-state index contributed by atoms with van der Waals surface area (Å²) in [6, 6.07) is 13.3. The summed E-state index contributed by atoms with van der Waals surface area (Å²) in [7, 11) is 1.37. The van der Waals surface area contributed by atoms with Gasteiger partial charge in [0.1, 0.15) is 19.0 Å². The maximum absolute atomic E-state index is 12.6. The van der Waals surface area contributed by atoms with E-state index in [0.717, 1.165) is 11.1 Å². The van der Waals surface area contributed by atoms with Crippen LogP contribution < -0.4 is 14.8 Å². The van der Waals surface area contributed by atoms with Crippen molar-refractivity contribution >= 4 is 11.9 Å². The van der Waals surface area contributed by atoms with Crippen molar-refractivity contribution in [3.05, 3.63) is 76.8 Å². The summed E-state index contributed by atoms with van der Waals surface area (Å²) >= 11 is 0. The van der Waals surface area contributed by atoms with Crippen LogP contribution in [0.1, 0.15) is 36.6 Å². The topological polar surface area (TPSA) is 87.5 Å². The van der Waals surface area contributed by atoms with Crippen LogP contribution in [0.4, 0.5) is 5.95 Å². The summed E-state index contributed by atoms with van der Waals surface area (Å²) in [5.41, 5.74) is 4.21. The number of aryl methyl sites for hydroxylation is 1. The fourth-order valence-corrected chi connectivity index (χ4v) is 3.70. The predicted molar refractivity (Wildman–Crippen MR) is 120 cm³/mol. The molecular formula is C24H26N4O4. The summed E-state index contributed by atoms with van der Waals surface area (Å²) in [5, 5.41) is 7.44. The number of nitrogens with zero attached hydrogens (tertiary/aromatic N) is 3. The molecule has 0 bridgehead atoms. The van der Waals surface area contributed by atoms with Crippen LogP contribution in [0.3, 0.4) is 0 Å². The van der Waals surface area contributed by atoms with Crippen molar-refractivity contribution < 1.29 is 19.0 Å². The van der Waals surface area contributed by atoms with Crippen LogP contribution in [-0.4, -0.2) is 34.5 Å². The minimum atomic E-state index is -0.508. The molecule has 1 aromatic heterocycles. The molecule has 1 unspecified atom stereocenters. The highest BCUT2D eigenvalue weighted by Crippen LogP contribution is 2.39. The summed E-state index contributed by atoms with van der Waals surface area (Å²) in [4.78, 5) is 16.9. The van der Waals surface area contributed by atoms with Gasteiger partial charge in [-0.3, -0.25) is 0 Å². The van der Waals surface area contributed by atoms with Crippen molar-refractivity contribution in [1.82, 2.24) is 14.8 Å². The average Bonchev–Trinajstić information content (AvgIpc) is 3.26. The Morgan fingerprint density at radius 3 is 2.59 bits per heavy atom. The van der Waals surface area contributed by atoms with Crippen LogP contribution in [-0.2, 0) is 16.1 Å². The molecule has 4 rings (SSSR count). The number of rotatable bonds is 7. The fraction of sp³-hybridized carbons (Fsp3) is 0.292. The lowest BCUT2D eigenvalue weighted by molar-refractivity contribution is -0.136. The van der Waals surface area contributed by atoms with E-state index in [1.165, 1.54) is 19.0 Å². The SMILES string of the molecule is CCOc1cc(C2C(C(=O)OC)=C(C)Nc3ncnn32)ccc1OCc1ccc(C)cc1. The largest absolute Gasteiger partial charge is 0.490 e. The number of hydrogen-bond donors (Lipinski definition) is 1. The molecule has 0 fully saturated rings. The number of allylic oxidation sites excluding steroid dienone is 1. The fourth-order valence-electron chi connectivity index (χ4n) is 3.70. The molecule has 0 amide bonds. The number of anilines is 1. The monoisotopic (exact) mass is 434 g/mol. The Balaban J connectivity index is 1.69. The van der Waals surface area contributed by atoms with E-state index >= 15 is 0 Å². The lowest BCUT2D eigenvalue weighted by Gasteiger charge is -2.28. The lowest BCUT2D eigenvalue weighted by Crippen LogP contribution is -2.29. The van der Waals surface area contributed by atoms with Crippen LogP contribution in [0, 0.1) is 6.92 Å². The molecule has 8 nitrogen and oxygen atoms in total. The standard InChI is InChI=1S/C24H26N4O4/c1-5-31-20-12-18(10-11-19(20)32-13-17-8-6-15(2)7-9-17)22-21(23(29)30-4)16(3)27-24-25-14-26-28(22)24/h6-12,14,22H,5,13H2,1-4H3,(H,25,26,27). The van der Waals surface area contributed by atoms with Crippen LogP contribution in [0.15, 0.2) is 60.1 Å². The summed E-state index contributed by atoms with van der Waals surface area (Å²) in [6.45, 7) is 6.69. The van der Waals surface area contributed by atoms with Gasteiger partial charge in [0.25, 0.3) is 0 Å². The van der Waals surface area contributed by atoms with E-state index in [-0.39, 0.29) is 0 Å². The van der Waals surface area contributed by atoms with Gasteiger partial charge < -0.3 is 19.5 Å². The molecule has 32 heavy (non-hydrogen) atoms. The quantitative estimate of drug-likeness (QED) is 0.562. The normalized spacial score (nSPS) is 15.1. The second-order valence-corrected chi connectivity index (χ2v) is 7.50. The van der Waals surface area contributed by atoms with E-state index < -0.39 is 12.0 Å². The molecule has 2 aromatic carbocycles. The Labute approximate surface area is 186 Å². The molecule has 0 aliphatic carbocycles. The lowest BCUT2D eigenvalue weighted by atomic mass is 9.95. The summed E-state index contributed by atoms with van der Waals surface area (Å²) in [6.07, 6.45) is 1.45. The van der Waals surface area contributed by atoms with Crippen LogP contribution in [0.25, 0.3) is 0 Å². The molecule has 0 saturated heterocycles. The molecule has 0 saturated carbocycles. The van der Waals surface area contributed by atoms with E-state index in [2.05, 4.69) is 34.5 Å². The number of benzene rings is 2. The third kappa shape index (κ3) is 4.16. The Bertz CT molecular complexity index is 1150. The Morgan fingerprint density at radius 1 is 1.09 bits per heavy atom. The molecule has 1 atom stereocenters. The molecular weight excluding hydrogens is 408 g/mol. The zero-order valence-corrected chi connectivity index (χ0v) is 18.6. The Kier molecular flexibility index (Phi) is 6.11. The molecule has 166 valence electrons. The molecule has 1 aliphatic rings. The number of methoxy groups -OCH3 is 1. The third-order valence-corrected chi connectivity index (χ3v) is 5.30. The highest BCUT2D eigenvalue weighted by Gasteiger charge is 2.34. The number of esters is 1. The van der Waals surface area contributed by atoms with Gasteiger partial charge in [0.05, 0.1) is 19.3 Å². The van der Waals surface area contributed by atoms with Gasteiger partial charge in [-0.15, -0.1) is 0 Å². The molecule has 8 heteroatoms. The second kappa shape index (κ2) is 9.13. The molecule has 3 aromatic rings. The number of aromatic nitrogens is 3. The van der Waals surface area contributed by atoms with Gasteiger partial charge in [-0.25, -0.2) is 9.48 Å². The van der Waals surface area contributed by atoms with Gasteiger partial charge in [-0.2, -0.15) is 10.1 Å². The van der Waals surface area contributed by atoms with Crippen LogP contribution in [0.2, 0.25) is 0 Å². The summed E-state index contributed by atoms with van der Waals surface area (Å²) in [5.74, 6) is 1.35. The van der Waals surface area contributed by atoms with Gasteiger partial charge in [0.2, 0.25) is 5.95 Å². The first-order chi connectivity index (χ1) is 15.5. The van der Waals surface area contributed by atoms with Crippen molar-refractivity contribution in [2.45, 2.75) is 33.4 Å². The highest BCUT2D eigenvalue weighted by molar-refractivity contribution is 5.92. The predicted octanol–water partition coefficient (Wildman–Crippen LogP) is 4.03. The molecule has 1 N–H and O–H groups in total. The first kappa shape index (κ1) is 21.4. The molecule has 1 aliphatic heterocycles. The number of carbonyl (C=O) groups is 1. The minimum Gasteiger partial charge on any atom is -0.490 e. The van der Waals surface area contributed by atoms with Crippen molar-refractivity contribution in [1.29, 1.82) is 0 Å². The van der Waals surface area contributed by atoms with Gasteiger partial charge in [0, 0.05) is 5.70 Å². The van der Waals surface area contributed by atoms with Crippen molar-refractivity contribution in [3.8, 4) is 11.5 Å². The zero-order chi connectivity index (χ0) is 22.7. The first-order valence-corrected chi connectivity index (χ1v) is 10.4. The van der Waals surface area contributed by atoms with Crippen LogP contribution in [0.5, 0.6) is 11.5 Å². The van der Waals surface area contributed by atoms with Crippen LogP contribution >= 0.6 is 0 Å². The highest BCUT2D eigenvalue weighted by atomic mass is 16.5. The Morgan fingerprint density at radius 2 is 1.88 bits per heavy atom. The number of carbonyl (C=O) groups excluding carboxylic acids is 1. The van der Waals surface area contributed by atoms with Gasteiger partial charge in [-0.1, -0.05) is 35.9 Å². The first-order valence-electron chi connectivity index (χ1n) is 10.4. The van der Waals surface area contributed by atoms with Crippen molar-refractivity contribution in [3.63, 3.8) is 0 Å². The second-order valence-electron chi connectivity index (χ2n) is 7.50. The smallest absolute Gasteiger partial charge is 0.338 e. The summed E-state index contributed by atoms with van der Waals surface area (Å²) < 4.78 is 18.6. The number of hydrogen-bond acceptors (Lipinski definition) is 7.